The predicted molar refractivity (Wildman–Crippen MR) is 97.2 cm³/mol. The molecule has 23 heavy (non-hydrogen) atoms. The Kier molecular flexibility index (Phi) is 6.75. The van der Waals surface area contributed by atoms with Gasteiger partial charge in [0.2, 0.25) is 0 Å². The standard InChI is InChI=1S/C17H23N3O2S/c1-4-18-17(19-10-9-14-6-5-11-23-14)20-13-7-8-15(21-2)16(12-13)22-3/h5-8,11-12H,4,9-10H2,1-3H3,(H2,18,19,20). The molecule has 2 N–H and O–H groups in total. The first-order chi connectivity index (χ1) is 11.3. The van der Waals surface area contributed by atoms with Crippen molar-refractivity contribution in [2.75, 3.05) is 32.6 Å². The fourth-order valence-corrected chi connectivity index (χ4v) is 2.79. The molecule has 124 valence electrons. The summed E-state index contributed by atoms with van der Waals surface area (Å²) in [6.45, 7) is 3.59. The second-order valence-corrected chi connectivity index (χ2v) is 5.82. The average Bonchev–Trinajstić information content (AvgIpc) is 3.08. The molecule has 2 rings (SSSR count). The van der Waals surface area contributed by atoms with E-state index in [1.165, 1.54) is 4.88 Å². The molecular formula is C17H23N3O2S. The summed E-state index contributed by atoms with van der Waals surface area (Å²) in [5.41, 5.74) is 0.901. The van der Waals surface area contributed by atoms with Crippen molar-refractivity contribution in [3.05, 3.63) is 40.6 Å². The highest BCUT2D eigenvalue weighted by molar-refractivity contribution is 7.09. The normalized spacial score (nSPS) is 11.2. The Morgan fingerprint density at radius 2 is 2.00 bits per heavy atom. The molecule has 0 saturated carbocycles. The Hall–Kier alpha value is -2.21. The van der Waals surface area contributed by atoms with Crippen molar-refractivity contribution in [2.45, 2.75) is 13.3 Å². The Bertz CT molecular complexity index is 627. The lowest BCUT2D eigenvalue weighted by Gasteiger charge is -2.13. The Balaban J connectivity index is 2.03. The molecule has 0 fully saturated rings. The number of rotatable bonds is 7. The zero-order valence-electron chi connectivity index (χ0n) is 13.8. The molecule has 0 aliphatic heterocycles. The summed E-state index contributed by atoms with van der Waals surface area (Å²) in [5, 5.41) is 8.63. The Morgan fingerprint density at radius 3 is 2.65 bits per heavy atom. The van der Waals surface area contributed by atoms with Gasteiger partial charge in [-0.2, -0.15) is 0 Å². The average molecular weight is 333 g/mol. The van der Waals surface area contributed by atoms with E-state index in [9.17, 15) is 0 Å². The first-order valence-corrected chi connectivity index (χ1v) is 8.44. The van der Waals surface area contributed by atoms with Crippen LogP contribution in [-0.2, 0) is 6.42 Å². The van der Waals surface area contributed by atoms with Crippen LogP contribution in [0, 0.1) is 0 Å². The van der Waals surface area contributed by atoms with Gasteiger partial charge in [-0.25, -0.2) is 0 Å². The number of benzene rings is 1. The predicted octanol–water partition coefficient (Wildman–Crippen LogP) is 3.39. The quantitative estimate of drug-likeness (QED) is 0.602. The van der Waals surface area contributed by atoms with Crippen molar-refractivity contribution in [1.29, 1.82) is 0 Å². The molecule has 1 aromatic carbocycles. The number of ether oxygens (including phenoxy) is 2. The molecule has 0 bridgehead atoms. The Labute approximate surface area is 141 Å². The van der Waals surface area contributed by atoms with Gasteiger partial charge in [0, 0.05) is 36.1 Å². The second kappa shape index (κ2) is 9.05. The molecule has 0 aliphatic carbocycles. The van der Waals surface area contributed by atoms with E-state index in [4.69, 9.17) is 9.47 Å². The van der Waals surface area contributed by atoms with Gasteiger partial charge in [-0.1, -0.05) is 6.07 Å². The van der Waals surface area contributed by atoms with Crippen molar-refractivity contribution >= 4 is 23.0 Å². The van der Waals surface area contributed by atoms with Crippen molar-refractivity contribution in [3.63, 3.8) is 0 Å². The number of methoxy groups -OCH3 is 2. The van der Waals surface area contributed by atoms with Gasteiger partial charge in [-0.05, 0) is 30.5 Å². The molecule has 0 radical (unpaired) electrons. The molecule has 0 atom stereocenters. The van der Waals surface area contributed by atoms with E-state index in [1.54, 1.807) is 25.6 Å². The van der Waals surface area contributed by atoms with E-state index < -0.39 is 0 Å². The third-order valence-electron chi connectivity index (χ3n) is 3.20. The molecule has 1 aromatic heterocycles. The molecule has 0 aliphatic rings. The van der Waals surface area contributed by atoms with Gasteiger partial charge in [-0.3, -0.25) is 4.99 Å². The summed E-state index contributed by atoms with van der Waals surface area (Å²) in [4.78, 5) is 5.95. The minimum atomic E-state index is 0.687. The number of aliphatic imine (C=N–C) groups is 1. The molecule has 0 saturated heterocycles. The van der Waals surface area contributed by atoms with Crippen LogP contribution in [0.4, 0.5) is 5.69 Å². The number of nitrogens with one attached hydrogen (secondary N) is 2. The van der Waals surface area contributed by atoms with E-state index in [-0.39, 0.29) is 0 Å². The molecule has 5 nitrogen and oxygen atoms in total. The lowest BCUT2D eigenvalue weighted by atomic mass is 10.2. The Morgan fingerprint density at radius 1 is 1.17 bits per heavy atom. The first-order valence-electron chi connectivity index (χ1n) is 7.56. The van der Waals surface area contributed by atoms with Gasteiger partial charge in [0.05, 0.1) is 14.2 Å². The third-order valence-corrected chi connectivity index (χ3v) is 4.13. The SMILES string of the molecule is CCNC(=NCCc1cccs1)Nc1ccc(OC)c(OC)c1. The van der Waals surface area contributed by atoms with Crippen LogP contribution >= 0.6 is 11.3 Å². The summed E-state index contributed by atoms with van der Waals surface area (Å²) in [6.07, 6.45) is 0.945. The maximum Gasteiger partial charge on any atom is 0.195 e. The van der Waals surface area contributed by atoms with Crippen LogP contribution in [0.5, 0.6) is 11.5 Å². The van der Waals surface area contributed by atoms with Gasteiger partial charge in [0.15, 0.2) is 17.5 Å². The minimum absolute atomic E-state index is 0.687. The summed E-state index contributed by atoms with van der Waals surface area (Å²) < 4.78 is 10.6. The van der Waals surface area contributed by atoms with Gasteiger partial charge in [0.25, 0.3) is 0 Å². The summed E-state index contributed by atoms with van der Waals surface area (Å²) in [6, 6.07) is 9.90. The monoisotopic (exact) mass is 333 g/mol. The van der Waals surface area contributed by atoms with Crippen LogP contribution in [0.2, 0.25) is 0 Å². The molecule has 6 heteroatoms. The van der Waals surface area contributed by atoms with Gasteiger partial charge < -0.3 is 20.1 Å². The van der Waals surface area contributed by atoms with Crippen molar-refractivity contribution in [3.8, 4) is 11.5 Å². The third kappa shape index (κ3) is 5.17. The number of guanidine groups is 1. The fraction of sp³-hybridized carbons (Fsp3) is 0.353. The molecule has 2 aromatic rings. The smallest absolute Gasteiger partial charge is 0.195 e. The van der Waals surface area contributed by atoms with Gasteiger partial charge in [0.1, 0.15) is 0 Å². The summed E-state index contributed by atoms with van der Waals surface area (Å²) >= 11 is 1.76. The number of hydrogen-bond donors (Lipinski definition) is 2. The number of nitrogens with zero attached hydrogens (tertiary/aromatic N) is 1. The molecule has 1 heterocycles. The molecule has 0 unspecified atom stereocenters. The zero-order chi connectivity index (χ0) is 16.5. The molecule has 0 spiro atoms. The lowest BCUT2D eigenvalue weighted by molar-refractivity contribution is 0.355. The van der Waals surface area contributed by atoms with E-state index in [0.717, 1.165) is 31.2 Å². The maximum absolute atomic E-state index is 5.32. The van der Waals surface area contributed by atoms with Crippen LogP contribution in [0.1, 0.15) is 11.8 Å². The maximum atomic E-state index is 5.32. The fourth-order valence-electron chi connectivity index (χ4n) is 2.09. The van der Waals surface area contributed by atoms with Crippen molar-refractivity contribution < 1.29 is 9.47 Å². The van der Waals surface area contributed by atoms with Crippen LogP contribution in [0.25, 0.3) is 0 Å². The van der Waals surface area contributed by atoms with Crippen LogP contribution < -0.4 is 20.1 Å². The minimum Gasteiger partial charge on any atom is -0.493 e. The largest absolute Gasteiger partial charge is 0.493 e. The van der Waals surface area contributed by atoms with Gasteiger partial charge in [-0.15, -0.1) is 11.3 Å². The zero-order valence-corrected chi connectivity index (χ0v) is 14.6. The van der Waals surface area contributed by atoms with Crippen LogP contribution in [-0.4, -0.2) is 33.3 Å². The highest BCUT2D eigenvalue weighted by Gasteiger charge is 2.06. The number of thiophene rings is 1. The van der Waals surface area contributed by atoms with E-state index in [1.807, 2.05) is 25.1 Å². The van der Waals surface area contributed by atoms with Crippen molar-refractivity contribution in [1.82, 2.24) is 5.32 Å². The second-order valence-electron chi connectivity index (χ2n) is 4.78. The lowest BCUT2D eigenvalue weighted by Crippen LogP contribution is -2.30. The van der Waals surface area contributed by atoms with Crippen LogP contribution in [0.3, 0.4) is 0 Å². The van der Waals surface area contributed by atoms with E-state index in [0.29, 0.717) is 11.5 Å². The number of anilines is 1. The van der Waals surface area contributed by atoms with Crippen LogP contribution in [0.15, 0.2) is 40.7 Å². The van der Waals surface area contributed by atoms with E-state index >= 15 is 0 Å². The van der Waals surface area contributed by atoms with Gasteiger partial charge >= 0.3 is 0 Å². The molecule has 0 amide bonds. The highest BCUT2D eigenvalue weighted by Crippen LogP contribution is 2.29. The summed E-state index contributed by atoms with van der Waals surface area (Å²) in [7, 11) is 3.25. The van der Waals surface area contributed by atoms with E-state index in [2.05, 4.69) is 33.1 Å². The first kappa shape index (κ1) is 17.1. The number of hydrogen-bond acceptors (Lipinski definition) is 4. The highest BCUT2D eigenvalue weighted by atomic mass is 32.1. The van der Waals surface area contributed by atoms with Crippen molar-refractivity contribution in [2.24, 2.45) is 4.99 Å². The topological polar surface area (TPSA) is 54.9 Å². The molecular weight excluding hydrogens is 310 g/mol. The summed E-state index contributed by atoms with van der Waals surface area (Å²) in [5.74, 6) is 2.15.